The van der Waals surface area contributed by atoms with E-state index >= 15 is 0 Å². The van der Waals surface area contributed by atoms with Crippen molar-refractivity contribution in [2.45, 2.75) is 44.0 Å². The first-order valence-electron chi connectivity index (χ1n) is 10.6. The summed E-state index contributed by atoms with van der Waals surface area (Å²) in [5.74, 6) is -0.401. The maximum atomic E-state index is 13.4. The molecule has 0 fully saturated rings. The highest BCUT2D eigenvalue weighted by Crippen LogP contribution is 2.23. The maximum Gasteiger partial charge on any atom is 0.242 e. The van der Waals surface area contributed by atoms with Crippen molar-refractivity contribution in [3.63, 3.8) is 0 Å². The van der Waals surface area contributed by atoms with E-state index in [1.807, 2.05) is 62.4 Å². The van der Waals surface area contributed by atoms with E-state index in [1.165, 1.54) is 24.3 Å². The number of hydrogen-bond acceptors (Lipinski definition) is 3. The quantitative estimate of drug-likeness (QED) is 0.462. The summed E-state index contributed by atoms with van der Waals surface area (Å²) in [6.45, 7) is 4.05. The Hall–Kier alpha value is -2.67. The third-order valence-electron chi connectivity index (χ3n) is 5.27. The molecule has 7 heteroatoms. The molecule has 0 saturated carbocycles. The highest BCUT2D eigenvalue weighted by molar-refractivity contribution is 7.89. The van der Waals surface area contributed by atoms with Crippen LogP contribution in [-0.2, 0) is 34.1 Å². The van der Waals surface area contributed by atoms with Gasteiger partial charge in [-0.2, -0.15) is 4.72 Å². The van der Waals surface area contributed by atoms with Crippen LogP contribution in [0.4, 0.5) is 5.69 Å². The van der Waals surface area contributed by atoms with E-state index in [2.05, 4.69) is 10.0 Å². The molecule has 0 aliphatic carbocycles. The SMILES string of the molecule is CCc1cccc(CC)c1NC(=O)[C@@H](Cc1ccccc1)NS(=O)(=O)c1ccc(Cl)cc1. The molecule has 0 heterocycles. The van der Waals surface area contributed by atoms with Crippen molar-refractivity contribution >= 4 is 33.2 Å². The van der Waals surface area contributed by atoms with Gasteiger partial charge in [0.25, 0.3) is 0 Å². The van der Waals surface area contributed by atoms with E-state index in [-0.39, 0.29) is 11.3 Å². The summed E-state index contributed by atoms with van der Waals surface area (Å²) in [4.78, 5) is 13.4. The zero-order valence-electron chi connectivity index (χ0n) is 18.1. The average molecular weight is 471 g/mol. The van der Waals surface area contributed by atoms with Crippen LogP contribution in [0.3, 0.4) is 0 Å². The number of aryl methyl sites for hydroxylation is 2. The zero-order valence-corrected chi connectivity index (χ0v) is 19.7. The van der Waals surface area contributed by atoms with Crippen molar-refractivity contribution in [3.8, 4) is 0 Å². The summed E-state index contributed by atoms with van der Waals surface area (Å²) in [5.41, 5.74) is 3.63. The van der Waals surface area contributed by atoms with Gasteiger partial charge in [-0.05, 0) is 60.2 Å². The zero-order chi connectivity index (χ0) is 23.1. The van der Waals surface area contributed by atoms with Crippen LogP contribution >= 0.6 is 11.6 Å². The van der Waals surface area contributed by atoms with Crippen molar-refractivity contribution in [3.05, 3.63) is 94.5 Å². The van der Waals surface area contributed by atoms with Crippen molar-refractivity contribution in [2.24, 2.45) is 0 Å². The van der Waals surface area contributed by atoms with E-state index in [0.717, 1.165) is 35.2 Å². The number of carbonyl (C=O) groups is 1. The molecule has 0 saturated heterocycles. The Kier molecular flexibility index (Phi) is 8.07. The van der Waals surface area contributed by atoms with Gasteiger partial charge in [-0.25, -0.2) is 8.42 Å². The molecule has 1 atom stereocenters. The Labute approximate surface area is 194 Å². The predicted octanol–water partition coefficient (Wildman–Crippen LogP) is 4.99. The Balaban J connectivity index is 1.92. The Bertz CT molecular complexity index is 1140. The number of carbonyl (C=O) groups excluding carboxylic acids is 1. The van der Waals surface area contributed by atoms with E-state index in [9.17, 15) is 13.2 Å². The van der Waals surface area contributed by atoms with Crippen molar-refractivity contribution in [2.75, 3.05) is 5.32 Å². The molecular weight excluding hydrogens is 444 g/mol. The van der Waals surface area contributed by atoms with Crippen LogP contribution in [0.2, 0.25) is 5.02 Å². The van der Waals surface area contributed by atoms with Crippen LogP contribution in [-0.4, -0.2) is 20.4 Å². The average Bonchev–Trinajstić information content (AvgIpc) is 2.79. The molecule has 0 aromatic heterocycles. The molecule has 0 radical (unpaired) electrons. The molecule has 32 heavy (non-hydrogen) atoms. The van der Waals surface area contributed by atoms with E-state index in [4.69, 9.17) is 11.6 Å². The fourth-order valence-corrected chi connectivity index (χ4v) is 4.84. The van der Waals surface area contributed by atoms with Crippen molar-refractivity contribution in [1.29, 1.82) is 0 Å². The van der Waals surface area contributed by atoms with Gasteiger partial charge in [0.2, 0.25) is 15.9 Å². The second-order valence-corrected chi connectivity index (χ2v) is 9.62. The van der Waals surface area contributed by atoms with Crippen LogP contribution in [0.1, 0.15) is 30.5 Å². The molecule has 3 aromatic rings. The smallest absolute Gasteiger partial charge is 0.242 e. The number of amides is 1. The monoisotopic (exact) mass is 470 g/mol. The number of halogens is 1. The lowest BCUT2D eigenvalue weighted by molar-refractivity contribution is -0.117. The normalized spacial score (nSPS) is 12.3. The van der Waals surface area contributed by atoms with Gasteiger partial charge in [0.05, 0.1) is 4.90 Å². The van der Waals surface area contributed by atoms with Gasteiger partial charge in [-0.3, -0.25) is 4.79 Å². The van der Waals surface area contributed by atoms with Crippen LogP contribution in [0.25, 0.3) is 0 Å². The number of benzene rings is 3. The molecule has 3 rings (SSSR count). The van der Waals surface area contributed by atoms with E-state index in [1.54, 1.807) is 0 Å². The Morgan fingerprint density at radius 1 is 0.875 bits per heavy atom. The lowest BCUT2D eigenvalue weighted by Crippen LogP contribution is -2.45. The number of sulfonamides is 1. The van der Waals surface area contributed by atoms with Gasteiger partial charge < -0.3 is 5.32 Å². The lowest BCUT2D eigenvalue weighted by atomic mass is 10.0. The van der Waals surface area contributed by atoms with Crippen molar-refractivity contribution < 1.29 is 13.2 Å². The highest BCUT2D eigenvalue weighted by Gasteiger charge is 2.27. The number of anilines is 1. The van der Waals surface area contributed by atoms with Gasteiger partial charge >= 0.3 is 0 Å². The molecule has 0 aliphatic heterocycles. The first-order chi connectivity index (χ1) is 15.3. The molecule has 5 nitrogen and oxygen atoms in total. The second kappa shape index (κ2) is 10.8. The first-order valence-corrected chi connectivity index (χ1v) is 12.4. The lowest BCUT2D eigenvalue weighted by Gasteiger charge is -2.21. The highest BCUT2D eigenvalue weighted by atomic mass is 35.5. The molecular formula is C25H27ClN2O3S. The molecule has 1 amide bonds. The standard InChI is InChI=1S/C25H27ClN2O3S/c1-3-19-11-8-12-20(4-2)24(19)27-25(29)23(17-18-9-6-5-7-10-18)28-32(30,31)22-15-13-21(26)14-16-22/h5-16,23,28H,3-4,17H2,1-2H3,(H,27,29)/t23-/m1/s1. The summed E-state index contributed by atoms with van der Waals surface area (Å²) >= 11 is 5.89. The minimum atomic E-state index is -3.93. The van der Waals surface area contributed by atoms with Crippen LogP contribution in [0.5, 0.6) is 0 Å². The van der Waals surface area contributed by atoms with Crippen LogP contribution in [0.15, 0.2) is 77.7 Å². The molecule has 168 valence electrons. The molecule has 0 spiro atoms. The number of rotatable bonds is 9. The van der Waals surface area contributed by atoms with Gasteiger partial charge in [0, 0.05) is 10.7 Å². The summed E-state index contributed by atoms with van der Waals surface area (Å²) in [7, 11) is -3.93. The van der Waals surface area contributed by atoms with Gasteiger partial charge in [0.15, 0.2) is 0 Å². The Morgan fingerprint density at radius 3 is 2.03 bits per heavy atom. The number of hydrogen-bond donors (Lipinski definition) is 2. The molecule has 2 N–H and O–H groups in total. The van der Waals surface area contributed by atoms with E-state index < -0.39 is 22.0 Å². The fourth-order valence-electron chi connectivity index (χ4n) is 3.52. The molecule has 0 bridgehead atoms. The van der Waals surface area contributed by atoms with Crippen LogP contribution < -0.4 is 10.0 Å². The summed E-state index contributed by atoms with van der Waals surface area (Å²) < 4.78 is 28.6. The summed E-state index contributed by atoms with van der Waals surface area (Å²) in [6, 6.07) is 20.1. The summed E-state index contributed by atoms with van der Waals surface area (Å²) in [5, 5.41) is 3.43. The third kappa shape index (κ3) is 5.97. The Morgan fingerprint density at radius 2 is 1.47 bits per heavy atom. The van der Waals surface area contributed by atoms with Gasteiger partial charge in [-0.15, -0.1) is 0 Å². The molecule has 0 unspecified atom stereocenters. The first kappa shape index (κ1) is 24.0. The topological polar surface area (TPSA) is 75.3 Å². The van der Waals surface area contributed by atoms with Crippen molar-refractivity contribution in [1.82, 2.24) is 4.72 Å². The fraction of sp³-hybridized carbons (Fsp3) is 0.240. The van der Waals surface area contributed by atoms with Gasteiger partial charge in [-0.1, -0.05) is 74.0 Å². The predicted molar refractivity (Wildman–Crippen MR) is 130 cm³/mol. The summed E-state index contributed by atoms with van der Waals surface area (Å²) in [6.07, 6.45) is 1.72. The van der Waals surface area contributed by atoms with Crippen LogP contribution in [0, 0.1) is 0 Å². The minimum Gasteiger partial charge on any atom is -0.324 e. The number of para-hydroxylation sites is 1. The van der Waals surface area contributed by atoms with Gasteiger partial charge in [0.1, 0.15) is 6.04 Å². The maximum absolute atomic E-state index is 13.4. The molecule has 0 aliphatic rings. The third-order valence-corrected chi connectivity index (χ3v) is 7.01. The molecule has 3 aromatic carbocycles. The van der Waals surface area contributed by atoms with E-state index in [0.29, 0.717) is 5.02 Å². The minimum absolute atomic E-state index is 0.0518. The second-order valence-electron chi connectivity index (χ2n) is 7.47. The largest absolute Gasteiger partial charge is 0.324 e. The number of nitrogens with one attached hydrogen (secondary N) is 2.